The van der Waals surface area contributed by atoms with Crippen LogP contribution in [0, 0.1) is 11.3 Å². The highest BCUT2D eigenvalue weighted by molar-refractivity contribution is 6.09. The molecular weight excluding hydrogens is 278 g/mol. The molecule has 0 atom stereocenters. The first-order valence-corrected chi connectivity index (χ1v) is 7.51. The first-order chi connectivity index (χ1) is 10.7. The minimum absolute atomic E-state index is 0.106. The van der Waals surface area contributed by atoms with Crippen LogP contribution < -0.4 is 0 Å². The monoisotopic (exact) mass is 295 g/mol. The highest BCUT2D eigenvalue weighted by Gasteiger charge is 2.25. The van der Waals surface area contributed by atoms with Crippen LogP contribution >= 0.6 is 0 Å². The Kier molecular flexibility index (Phi) is 3.68. The van der Waals surface area contributed by atoms with Gasteiger partial charge in [0.25, 0.3) is 0 Å². The normalized spacial score (nSPS) is 13.5. The van der Waals surface area contributed by atoms with Crippen molar-refractivity contribution in [3.05, 3.63) is 46.5 Å². The van der Waals surface area contributed by atoms with Gasteiger partial charge in [0.05, 0.1) is 11.3 Å². The third-order valence-corrected chi connectivity index (χ3v) is 4.08. The summed E-state index contributed by atoms with van der Waals surface area (Å²) in [5.74, 6) is 0.741. The number of nitrogens with zero attached hydrogens (tertiary/aromatic N) is 3. The standard InChI is InChI=1S/C17H17N3O2/c1-2-13-16(20-8-4-3-5-15(20)19-13)17(22)11-6-7-14(21)12(9-11)10-18/h6-7,9,21H,2-5,8H2,1H3. The molecule has 5 heteroatoms. The highest BCUT2D eigenvalue weighted by Crippen LogP contribution is 2.25. The van der Waals surface area contributed by atoms with Crippen LogP contribution in [0.5, 0.6) is 5.75 Å². The summed E-state index contributed by atoms with van der Waals surface area (Å²) in [6, 6.07) is 6.30. The Hall–Kier alpha value is -2.61. The Labute approximate surface area is 128 Å². The number of fused-ring (bicyclic) bond motifs is 1. The maximum Gasteiger partial charge on any atom is 0.211 e. The lowest BCUT2D eigenvalue weighted by atomic mass is 10.0. The quantitative estimate of drug-likeness (QED) is 0.883. The fraction of sp³-hybridized carbons (Fsp3) is 0.353. The zero-order chi connectivity index (χ0) is 15.7. The van der Waals surface area contributed by atoms with Crippen LogP contribution in [0.2, 0.25) is 0 Å². The van der Waals surface area contributed by atoms with Crippen LogP contribution in [0.15, 0.2) is 18.2 Å². The summed E-state index contributed by atoms with van der Waals surface area (Å²) in [4.78, 5) is 17.5. The number of aryl methyl sites for hydroxylation is 2. The number of phenolic OH excluding ortho intramolecular Hbond substituents is 1. The van der Waals surface area contributed by atoms with Crippen molar-refractivity contribution in [2.24, 2.45) is 0 Å². The van der Waals surface area contributed by atoms with E-state index in [4.69, 9.17) is 5.26 Å². The summed E-state index contributed by atoms with van der Waals surface area (Å²) in [6.07, 6.45) is 3.75. The van der Waals surface area contributed by atoms with E-state index in [9.17, 15) is 9.90 Å². The van der Waals surface area contributed by atoms with Crippen molar-refractivity contribution in [3.63, 3.8) is 0 Å². The molecule has 0 amide bonds. The van der Waals surface area contributed by atoms with Gasteiger partial charge < -0.3 is 9.67 Å². The summed E-state index contributed by atoms with van der Waals surface area (Å²) < 4.78 is 2.02. The average Bonchev–Trinajstić information content (AvgIpc) is 2.93. The van der Waals surface area contributed by atoms with Crippen molar-refractivity contribution in [1.82, 2.24) is 9.55 Å². The molecule has 3 rings (SSSR count). The highest BCUT2D eigenvalue weighted by atomic mass is 16.3. The van der Waals surface area contributed by atoms with E-state index < -0.39 is 0 Å². The molecule has 0 radical (unpaired) electrons. The number of hydrogen-bond acceptors (Lipinski definition) is 4. The molecule has 22 heavy (non-hydrogen) atoms. The largest absolute Gasteiger partial charge is 0.507 e. The average molecular weight is 295 g/mol. The number of carbonyl (C=O) groups excluding carboxylic acids is 1. The van der Waals surface area contributed by atoms with E-state index in [2.05, 4.69) is 4.98 Å². The van der Waals surface area contributed by atoms with Gasteiger partial charge in [0, 0.05) is 18.5 Å². The van der Waals surface area contributed by atoms with E-state index in [-0.39, 0.29) is 17.1 Å². The van der Waals surface area contributed by atoms with Gasteiger partial charge in [-0.1, -0.05) is 6.92 Å². The summed E-state index contributed by atoms with van der Waals surface area (Å²) in [5, 5.41) is 18.6. The van der Waals surface area contributed by atoms with Gasteiger partial charge in [-0.05, 0) is 37.5 Å². The molecule has 2 heterocycles. The van der Waals surface area contributed by atoms with E-state index in [0.717, 1.165) is 37.3 Å². The number of hydrogen-bond donors (Lipinski definition) is 1. The minimum atomic E-state index is -0.131. The predicted octanol–water partition coefficient (Wildman–Crippen LogP) is 2.59. The molecule has 1 aliphatic rings. The van der Waals surface area contributed by atoms with Crippen LogP contribution in [0.3, 0.4) is 0 Å². The van der Waals surface area contributed by atoms with Gasteiger partial charge in [0.2, 0.25) is 5.78 Å². The fourth-order valence-corrected chi connectivity index (χ4v) is 2.94. The third kappa shape index (κ3) is 2.27. The number of aromatic hydroxyl groups is 1. The number of rotatable bonds is 3. The molecule has 1 N–H and O–H groups in total. The van der Waals surface area contributed by atoms with E-state index in [1.54, 1.807) is 6.07 Å². The van der Waals surface area contributed by atoms with E-state index in [1.807, 2.05) is 17.6 Å². The molecule has 0 saturated carbocycles. The van der Waals surface area contributed by atoms with Crippen LogP contribution in [0.1, 0.15) is 52.9 Å². The number of ketones is 1. The number of aromatic nitrogens is 2. The van der Waals surface area contributed by atoms with Crippen molar-refractivity contribution < 1.29 is 9.90 Å². The summed E-state index contributed by atoms with van der Waals surface area (Å²) in [6.45, 7) is 2.80. The van der Waals surface area contributed by atoms with Crippen LogP contribution in [0.4, 0.5) is 0 Å². The van der Waals surface area contributed by atoms with Crippen molar-refractivity contribution in [2.45, 2.75) is 39.2 Å². The molecule has 1 aromatic heterocycles. The maximum atomic E-state index is 12.9. The van der Waals surface area contributed by atoms with Gasteiger partial charge in [-0.15, -0.1) is 0 Å². The summed E-state index contributed by atoms with van der Waals surface area (Å²) in [5.41, 5.74) is 1.97. The Morgan fingerprint density at radius 3 is 3.00 bits per heavy atom. The van der Waals surface area contributed by atoms with E-state index in [1.165, 1.54) is 12.1 Å². The predicted molar refractivity (Wildman–Crippen MR) is 80.8 cm³/mol. The molecule has 1 aliphatic heterocycles. The molecule has 0 aliphatic carbocycles. The first kappa shape index (κ1) is 14.3. The Balaban J connectivity index is 2.09. The SMILES string of the molecule is CCc1nc2n(c1C(=O)c1ccc(O)c(C#N)c1)CCCC2. The van der Waals surface area contributed by atoms with Gasteiger partial charge in [0.15, 0.2) is 0 Å². The topological polar surface area (TPSA) is 78.9 Å². The second-order valence-corrected chi connectivity index (χ2v) is 5.46. The lowest BCUT2D eigenvalue weighted by Crippen LogP contribution is -2.17. The maximum absolute atomic E-state index is 12.9. The molecule has 5 nitrogen and oxygen atoms in total. The van der Waals surface area contributed by atoms with Crippen molar-refractivity contribution in [2.75, 3.05) is 0 Å². The minimum Gasteiger partial charge on any atom is -0.507 e. The molecule has 112 valence electrons. The van der Waals surface area contributed by atoms with Gasteiger partial charge >= 0.3 is 0 Å². The van der Waals surface area contributed by atoms with E-state index in [0.29, 0.717) is 17.7 Å². The number of benzene rings is 1. The lowest BCUT2D eigenvalue weighted by Gasteiger charge is -2.16. The Morgan fingerprint density at radius 1 is 1.45 bits per heavy atom. The van der Waals surface area contributed by atoms with Gasteiger partial charge in [-0.2, -0.15) is 5.26 Å². The zero-order valence-electron chi connectivity index (χ0n) is 12.5. The lowest BCUT2D eigenvalue weighted by molar-refractivity contribution is 0.102. The van der Waals surface area contributed by atoms with Crippen LogP contribution in [-0.4, -0.2) is 20.4 Å². The third-order valence-electron chi connectivity index (χ3n) is 4.08. The van der Waals surface area contributed by atoms with E-state index >= 15 is 0 Å². The van der Waals surface area contributed by atoms with Gasteiger partial charge in [0.1, 0.15) is 23.3 Å². The summed E-state index contributed by atoms with van der Waals surface area (Å²) >= 11 is 0. The molecular formula is C17H17N3O2. The molecule has 0 spiro atoms. The van der Waals surface area contributed by atoms with Gasteiger partial charge in [-0.3, -0.25) is 4.79 Å². The smallest absolute Gasteiger partial charge is 0.211 e. The van der Waals surface area contributed by atoms with Crippen molar-refractivity contribution >= 4 is 5.78 Å². The van der Waals surface area contributed by atoms with Crippen molar-refractivity contribution in [3.8, 4) is 11.8 Å². The van der Waals surface area contributed by atoms with Crippen molar-refractivity contribution in [1.29, 1.82) is 5.26 Å². The second-order valence-electron chi connectivity index (χ2n) is 5.46. The fourth-order valence-electron chi connectivity index (χ4n) is 2.94. The molecule has 2 aromatic rings. The first-order valence-electron chi connectivity index (χ1n) is 7.51. The molecule has 0 saturated heterocycles. The number of imidazole rings is 1. The Morgan fingerprint density at radius 2 is 2.27 bits per heavy atom. The number of nitriles is 1. The second kappa shape index (κ2) is 5.64. The van der Waals surface area contributed by atoms with Gasteiger partial charge in [-0.25, -0.2) is 4.98 Å². The number of phenols is 1. The molecule has 0 fully saturated rings. The van der Waals surface area contributed by atoms with Crippen LogP contribution in [-0.2, 0) is 19.4 Å². The zero-order valence-corrected chi connectivity index (χ0v) is 12.5. The number of carbonyl (C=O) groups is 1. The summed E-state index contributed by atoms with van der Waals surface area (Å²) in [7, 11) is 0. The molecule has 0 bridgehead atoms. The van der Waals surface area contributed by atoms with Crippen LogP contribution in [0.25, 0.3) is 0 Å². The molecule has 1 aromatic carbocycles. The Bertz CT molecular complexity index is 784. The molecule has 0 unspecified atom stereocenters.